The number of aliphatic hydroxyl groups excluding tert-OH is 1. The minimum absolute atomic E-state index is 0.00262. The van der Waals surface area contributed by atoms with Gasteiger partial charge in [0.25, 0.3) is 0 Å². The van der Waals surface area contributed by atoms with Gasteiger partial charge in [0.2, 0.25) is 0 Å². The topological polar surface area (TPSA) is 46.3 Å². The molecule has 1 heterocycles. The number of rotatable bonds is 2. The molecule has 1 N–H and O–H groups in total. The number of benzene rings is 2. The first-order valence-electron chi connectivity index (χ1n) is 5.43. The Morgan fingerprint density at radius 3 is 2.65 bits per heavy atom. The second-order valence-corrected chi connectivity index (χ2v) is 3.84. The van der Waals surface area contributed by atoms with Crippen LogP contribution in [0.2, 0.25) is 0 Å². The van der Waals surface area contributed by atoms with Gasteiger partial charge in [-0.1, -0.05) is 41.6 Å². The maximum Gasteiger partial charge on any atom is 0.167 e. The fourth-order valence-electron chi connectivity index (χ4n) is 1.97. The number of hydrogen-bond donors (Lipinski definition) is 1. The van der Waals surface area contributed by atoms with Gasteiger partial charge in [0.15, 0.2) is 5.58 Å². The SMILES string of the molecule is OCc1ccccc1-c1noc2ccccc12. The summed E-state index contributed by atoms with van der Waals surface area (Å²) in [4.78, 5) is 0. The maximum absolute atomic E-state index is 9.33. The van der Waals surface area contributed by atoms with E-state index in [0.29, 0.717) is 0 Å². The van der Waals surface area contributed by atoms with Crippen LogP contribution in [0.4, 0.5) is 0 Å². The quantitative estimate of drug-likeness (QED) is 0.729. The van der Waals surface area contributed by atoms with Gasteiger partial charge in [-0.25, -0.2) is 0 Å². The molecule has 3 nitrogen and oxygen atoms in total. The zero-order valence-corrected chi connectivity index (χ0v) is 9.13. The molecular weight excluding hydrogens is 214 g/mol. The molecule has 0 spiro atoms. The van der Waals surface area contributed by atoms with E-state index in [-0.39, 0.29) is 6.61 Å². The van der Waals surface area contributed by atoms with E-state index < -0.39 is 0 Å². The van der Waals surface area contributed by atoms with Crippen molar-refractivity contribution in [2.45, 2.75) is 6.61 Å². The summed E-state index contributed by atoms with van der Waals surface area (Å²) in [5.41, 5.74) is 3.31. The lowest BCUT2D eigenvalue weighted by molar-refractivity contribution is 0.282. The summed E-state index contributed by atoms with van der Waals surface area (Å²) >= 11 is 0. The molecule has 1 aromatic heterocycles. The Kier molecular flexibility index (Phi) is 2.38. The second-order valence-electron chi connectivity index (χ2n) is 3.84. The summed E-state index contributed by atoms with van der Waals surface area (Å²) in [7, 11) is 0. The summed E-state index contributed by atoms with van der Waals surface area (Å²) in [6, 6.07) is 15.4. The first kappa shape index (κ1) is 10.1. The van der Waals surface area contributed by atoms with Crippen molar-refractivity contribution in [2.75, 3.05) is 0 Å². The van der Waals surface area contributed by atoms with Crippen LogP contribution in [0, 0.1) is 0 Å². The van der Waals surface area contributed by atoms with Crippen molar-refractivity contribution in [3.8, 4) is 11.3 Å². The maximum atomic E-state index is 9.33. The average molecular weight is 225 g/mol. The first-order valence-corrected chi connectivity index (χ1v) is 5.43. The molecule has 0 saturated carbocycles. The number of para-hydroxylation sites is 1. The minimum Gasteiger partial charge on any atom is -0.392 e. The number of aliphatic hydroxyl groups is 1. The van der Waals surface area contributed by atoms with Gasteiger partial charge in [-0.15, -0.1) is 0 Å². The summed E-state index contributed by atoms with van der Waals surface area (Å²) in [6.07, 6.45) is 0. The highest BCUT2D eigenvalue weighted by molar-refractivity contribution is 5.92. The van der Waals surface area contributed by atoms with Crippen molar-refractivity contribution in [1.82, 2.24) is 5.16 Å². The summed E-state index contributed by atoms with van der Waals surface area (Å²) in [5, 5.41) is 14.4. The predicted octanol–water partition coefficient (Wildman–Crippen LogP) is 2.99. The molecule has 0 amide bonds. The van der Waals surface area contributed by atoms with Crippen molar-refractivity contribution in [3.63, 3.8) is 0 Å². The smallest absolute Gasteiger partial charge is 0.167 e. The highest BCUT2D eigenvalue weighted by atomic mass is 16.5. The van der Waals surface area contributed by atoms with Crippen LogP contribution in [-0.2, 0) is 6.61 Å². The molecule has 0 bridgehead atoms. The average Bonchev–Trinajstić information content (AvgIpc) is 2.82. The van der Waals surface area contributed by atoms with Gasteiger partial charge in [0.1, 0.15) is 5.69 Å². The summed E-state index contributed by atoms with van der Waals surface area (Å²) in [6.45, 7) is -0.00262. The molecule has 17 heavy (non-hydrogen) atoms. The molecule has 0 aliphatic carbocycles. The van der Waals surface area contributed by atoms with Crippen LogP contribution < -0.4 is 0 Å². The third-order valence-electron chi connectivity index (χ3n) is 2.82. The highest BCUT2D eigenvalue weighted by Gasteiger charge is 2.12. The molecule has 0 aliphatic rings. The van der Waals surface area contributed by atoms with Crippen molar-refractivity contribution in [3.05, 3.63) is 54.1 Å². The number of aromatic nitrogens is 1. The van der Waals surface area contributed by atoms with E-state index in [4.69, 9.17) is 4.52 Å². The van der Waals surface area contributed by atoms with Gasteiger partial charge in [-0.05, 0) is 17.7 Å². The van der Waals surface area contributed by atoms with E-state index in [0.717, 1.165) is 27.8 Å². The second kappa shape index (κ2) is 4.03. The van der Waals surface area contributed by atoms with E-state index in [1.807, 2.05) is 48.5 Å². The van der Waals surface area contributed by atoms with Gasteiger partial charge >= 0.3 is 0 Å². The molecule has 0 unspecified atom stereocenters. The Morgan fingerprint density at radius 1 is 1.00 bits per heavy atom. The largest absolute Gasteiger partial charge is 0.392 e. The number of hydrogen-bond acceptors (Lipinski definition) is 3. The normalized spacial score (nSPS) is 10.9. The van der Waals surface area contributed by atoms with E-state index in [1.165, 1.54) is 0 Å². The first-order chi connectivity index (χ1) is 8.40. The molecular formula is C14H11NO2. The molecule has 0 saturated heterocycles. The van der Waals surface area contributed by atoms with Gasteiger partial charge in [0, 0.05) is 10.9 Å². The standard InChI is InChI=1S/C14H11NO2/c16-9-10-5-1-2-6-11(10)14-12-7-3-4-8-13(12)17-15-14/h1-8,16H,9H2. The number of nitrogens with zero attached hydrogens (tertiary/aromatic N) is 1. The van der Waals surface area contributed by atoms with Crippen LogP contribution in [0.3, 0.4) is 0 Å². The Hall–Kier alpha value is -2.13. The van der Waals surface area contributed by atoms with Crippen LogP contribution in [-0.4, -0.2) is 10.3 Å². The minimum atomic E-state index is -0.00262. The molecule has 0 aliphatic heterocycles. The molecule has 3 aromatic rings. The molecule has 3 heteroatoms. The van der Waals surface area contributed by atoms with Crippen molar-refractivity contribution < 1.29 is 9.63 Å². The zero-order chi connectivity index (χ0) is 11.7. The van der Waals surface area contributed by atoms with Crippen LogP contribution in [0.25, 0.3) is 22.2 Å². The van der Waals surface area contributed by atoms with E-state index in [1.54, 1.807) is 0 Å². The molecule has 0 fully saturated rings. The summed E-state index contributed by atoms with van der Waals surface area (Å²) < 4.78 is 5.27. The predicted molar refractivity (Wildman–Crippen MR) is 65.4 cm³/mol. The fraction of sp³-hybridized carbons (Fsp3) is 0.0714. The van der Waals surface area contributed by atoms with Crippen LogP contribution in [0.1, 0.15) is 5.56 Å². The van der Waals surface area contributed by atoms with Crippen LogP contribution in [0.15, 0.2) is 53.1 Å². The molecule has 2 aromatic carbocycles. The van der Waals surface area contributed by atoms with Gasteiger partial charge < -0.3 is 9.63 Å². The van der Waals surface area contributed by atoms with Gasteiger partial charge in [0.05, 0.1) is 6.61 Å². The monoisotopic (exact) mass is 225 g/mol. The Labute approximate surface area is 98.3 Å². The molecule has 3 rings (SSSR count). The highest BCUT2D eigenvalue weighted by Crippen LogP contribution is 2.29. The fourth-order valence-corrected chi connectivity index (χ4v) is 1.97. The molecule has 0 radical (unpaired) electrons. The molecule has 84 valence electrons. The van der Waals surface area contributed by atoms with Gasteiger partial charge in [-0.3, -0.25) is 0 Å². The van der Waals surface area contributed by atoms with Crippen molar-refractivity contribution >= 4 is 11.0 Å². The lowest BCUT2D eigenvalue weighted by Crippen LogP contribution is -1.89. The Morgan fingerprint density at radius 2 is 1.76 bits per heavy atom. The van der Waals surface area contributed by atoms with Crippen molar-refractivity contribution in [2.24, 2.45) is 0 Å². The third kappa shape index (κ3) is 1.61. The van der Waals surface area contributed by atoms with Crippen LogP contribution in [0.5, 0.6) is 0 Å². The lowest BCUT2D eigenvalue weighted by atomic mass is 10.0. The van der Waals surface area contributed by atoms with Crippen molar-refractivity contribution in [1.29, 1.82) is 0 Å². The number of fused-ring (bicyclic) bond motifs is 1. The lowest BCUT2D eigenvalue weighted by Gasteiger charge is -2.03. The van der Waals surface area contributed by atoms with E-state index in [9.17, 15) is 5.11 Å². The third-order valence-corrected chi connectivity index (χ3v) is 2.82. The van der Waals surface area contributed by atoms with E-state index >= 15 is 0 Å². The Bertz CT molecular complexity index is 658. The van der Waals surface area contributed by atoms with Crippen LogP contribution >= 0.6 is 0 Å². The zero-order valence-electron chi connectivity index (χ0n) is 9.13. The molecule has 0 atom stereocenters. The Balaban J connectivity index is 2.27. The van der Waals surface area contributed by atoms with Gasteiger partial charge in [-0.2, -0.15) is 0 Å². The summed E-state index contributed by atoms with van der Waals surface area (Å²) in [5.74, 6) is 0. The van der Waals surface area contributed by atoms with E-state index in [2.05, 4.69) is 5.16 Å².